The second-order valence-corrected chi connectivity index (χ2v) is 5.66. The largest absolute Gasteiger partial charge is 0.383 e. The van der Waals surface area contributed by atoms with Gasteiger partial charge in [-0.3, -0.25) is 4.79 Å². The third kappa shape index (κ3) is 7.29. The van der Waals surface area contributed by atoms with E-state index in [4.69, 9.17) is 4.74 Å². The van der Waals surface area contributed by atoms with Gasteiger partial charge in [-0.1, -0.05) is 0 Å². The van der Waals surface area contributed by atoms with Gasteiger partial charge in [0, 0.05) is 40.8 Å². The lowest BCUT2D eigenvalue weighted by atomic mass is 9.98. The summed E-state index contributed by atoms with van der Waals surface area (Å²) in [6.07, 6.45) is 2.29. The molecule has 0 aromatic carbocycles. The highest BCUT2D eigenvalue weighted by Gasteiger charge is 2.20. The molecule has 7 heteroatoms. The smallest absolute Gasteiger partial charge is 0.317 e. The maximum Gasteiger partial charge on any atom is 0.317 e. The first kappa shape index (κ1) is 17.7. The Morgan fingerprint density at radius 2 is 2.10 bits per heavy atom. The number of nitrogens with one attached hydrogen (secondary N) is 2. The van der Waals surface area contributed by atoms with Crippen molar-refractivity contribution in [2.24, 2.45) is 5.92 Å². The topological polar surface area (TPSA) is 73.9 Å². The fourth-order valence-corrected chi connectivity index (χ4v) is 2.38. The summed E-state index contributed by atoms with van der Waals surface area (Å²) in [4.78, 5) is 26.8. The van der Waals surface area contributed by atoms with Crippen molar-refractivity contribution in [3.05, 3.63) is 0 Å². The van der Waals surface area contributed by atoms with Crippen LogP contribution in [-0.2, 0) is 9.53 Å². The van der Waals surface area contributed by atoms with E-state index in [0.717, 1.165) is 39.1 Å². The Morgan fingerprint density at radius 3 is 2.76 bits per heavy atom. The summed E-state index contributed by atoms with van der Waals surface area (Å²) >= 11 is 0. The lowest BCUT2D eigenvalue weighted by molar-refractivity contribution is -0.120. The third-order valence-electron chi connectivity index (χ3n) is 3.61. The average molecular weight is 300 g/mol. The molecule has 7 nitrogen and oxygen atoms in total. The minimum atomic E-state index is -0.256. The van der Waals surface area contributed by atoms with Crippen molar-refractivity contribution in [1.82, 2.24) is 20.4 Å². The highest BCUT2D eigenvalue weighted by molar-refractivity contribution is 5.83. The van der Waals surface area contributed by atoms with Crippen LogP contribution in [-0.4, -0.2) is 82.3 Å². The van der Waals surface area contributed by atoms with Crippen molar-refractivity contribution < 1.29 is 14.3 Å². The minimum Gasteiger partial charge on any atom is -0.383 e. The minimum absolute atomic E-state index is 0.0249. The predicted octanol–water partition coefficient (Wildman–Crippen LogP) is -0.268. The molecule has 1 unspecified atom stereocenters. The van der Waals surface area contributed by atoms with Gasteiger partial charge in [0.05, 0.1) is 13.2 Å². The van der Waals surface area contributed by atoms with E-state index < -0.39 is 0 Å². The van der Waals surface area contributed by atoms with Crippen LogP contribution in [0.2, 0.25) is 0 Å². The highest BCUT2D eigenvalue weighted by Crippen LogP contribution is 2.15. The molecule has 1 fully saturated rings. The summed E-state index contributed by atoms with van der Waals surface area (Å²) in [5.74, 6) is 0.336. The number of urea groups is 1. The summed E-state index contributed by atoms with van der Waals surface area (Å²) in [6.45, 7) is 4.48. The number of methoxy groups -OCH3 is 1. The van der Waals surface area contributed by atoms with Crippen molar-refractivity contribution in [3.63, 3.8) is 0 Å². The zero-order valence-electron chi connectivity index (χ0n) is 13.4. The van der Waals surface area contributed by atoms with Crippen LogP contribution in [0.1, 0.15) is 12.8 Å². The molecule has 1 atom stereocenters. The molecule has 1 aliphatic heterocycles. The Balaban J connectivity index is 2.18. The van der Waals surface area contributed by atoms with Gasteiger partial charge < -0.3 is 25.2 Å². The SMILES string of the molecule is COCCN1CCCC(CNC(=O)CNC(=O)N(C)C)C1. The lowest BCUT2D eigenvalue weighted by Crippen LogP contribution is -2.45. The van der Waals surface area contributed by atoms with Crippen molar-refractivity contribution in [1.29, 1.82) is 0 Å². The van der Waals surface area contributed by atoms with Crippen LogP contribution in [0.15, 0.2) is 0 Å². The molecule has 1 rings (SSSR count). The van der Waals surface area contributed by atoms with Crippen LogP contribution in [0.3, 0.4) is 0 Å². The van der Waals surface area contributed by atoms with Gasteiger partial charge in [-0.15, -0.1) is 0 Å². The second kappa shape index (κ2) is 9.57. The Bertz CT molecular complexity index is 336. The number of carbonyl (C=O) groups is 2. The van der Waals surface area contributed by atoms with Crippen LogP contribution in [0.4, 0.5) is 4.79 Å². The lowest BCUT2D eigenvalue weighted by Gasteiger charge is -2.32. The second-order valence-electron chi connectivity index (χ2n) is 5.66. The zero-order chi connectivity index (χ0) is 15.7. The quantitative estimate of drug-likeness (QED) is 0.679. The van der Waals surface area contributed by atoms with E-state index in [2.05, 4.69) is 15.5 Å². The van der Waals surface area contributed by atoms with E-state index in [9.17, 15) is 9.59 Å². The molecule has 1 aliphatic rings. The third-order valence-corrected chi connectivity index (χ3v) is 3.61. The molecule has 0 aliphatic carbocycles. The van der Waals surface area contributed by atoms with Gasteiger partial charge >= 0.3 is 6.03 Å². The first-order valence-corrected chi connectivity index (χ1v) is 7.46. The number of rotatable bonds is 7. The molecular weight excluding hydrogens is 272 g/mol. The summed E-state index contributed by atoms with van der Waals surface area (Å²) < 4.78 is 5.10. The van der Waals surface area contributed by atoms with E-state index in [0.29, 0.717) is 12.5 Å². The molecule has 0 bridgehead atoms. The van der Waals surface area contributed by atoms with Gasteiger partial charge in [-0.2, -0.15) is 0 Å². The van der Waals surface area contributed by atoms with E-state index in [-0.39, 0.29) is 18.5 Å². The van der Waals surface area contributed by atoms with Gasteiger partial charge in [0.1, 0.15) is 0 Å². The fraction of sp³-hybridized carbons (Fsp3) is 0.857. The molecule has 122 valence electrons. The summed E-state index contributed by atoms with van der Waals surface area (Å²) in [5, 5.41) is 5.45. The van der Waals surface area contributed by atoms with Gasteiger partial charge in [0.15, 0.2) is 0 Å². The molecule has 3 amide bonds. The average Bonchev–Trinajstić information content (AvgIpc) is 2.48. The van der Waals surface area contributed by atoms with Crippen LogP contribution in [0.25, 0.3) is 0 Å². The standard InChI is InChI=1S/C14H28N4O3/c1-17(2)14(20)16-10-13(19)15-9-12-5-4-6-18(11-12)7-8-21-3/h12H,4-11H2,1-3H3,(H,15,19)(H,16,20). The van der Waals surface area contributed by atoms with Gasteiger partial charge in [-0.05, 0) is 25.3 Å². The predicted molar refractivity (Wildman–Crippen MR) is 81.1 cm³/mol. The number of likely N-dealkylation sites (tertiary alicyclic amines) is 1. The van der Waals surface area contributed by atoms with E-state index in [1.807, 2.05) is 0 Å². The molecule has 0 saturated carbocycles. The van der Waals surface area contributed by atoms with Crippen molar-refractivity contribution in [3.8, 4) is 0 Å². The zero-order valence-corrected chi connectivity index (χ0v) is 13.4. The number of hydrogen-bond acceptors (Lipinski definition) is 4. The van der Waals surface area contributed by atoms with Crippen LogP contribution in [0.5, 0.6) is 0 Å². The maximum atomic E-state index is 11.7. The number of carbonyl (C=O) groups excluding carboxylic acids is 2. The number of nitrogens with zero attached hydrogens (tertiary/aromatic N) is 2. The molecule has 1 saturated heterocycles. The first-order chi connectivity index (χ1) is 10.0. The Kier molecular flexibility index (Phi) is 8.07. The van der Waals surface area contributed by atoms with Crippen LogP contribution >= 0.6 is 0 Å². The molecule has 21 heavy (non-hydrogen) atoms. The van der Waals surface area contributed by atoms with Gasteiger partial charge in [0.25, 0.3) is 0 Å². The highest BCUT2D eigenvalue weighted by atomic mass is 16.5. The fourth-order valence-electron chi connectivity index (χ4n) is 2.38. The van der Waals surface area contributed by atoms with Crippen LogP contribution < -0.4 is 10.6 Å². The molecule has 1 heterocycles. The van der Waals surface area contributed by atoms with Crippen LogP contribution in [0, 0.1) is 5.92 Å². The van der Waals surface area contributed by atoms with Gasteiger partial charge in [-0.25, -0.2) is 4.79 Å². The van der Waals surface area contributed by atoms with Gasteiger partial charge in [0.2, 0.25) is 5.91 Å². The normalized spacial score (nSPS) is 19.1. The number of amides is 3. The van der Waals surface area contributed by atoms with Crippen molar-refractivity contribution in [2.45, 2.75) is 12.8 Å². The molecule has 2 N–H and O–H groups in total. The van der Waals surface area contributed by atoms with E-state index in [1.165, 1.54) is 4.90 Å². The molecule has 0 radical (unpaired) electrons. The van der Waals surface area contributed by atoms with E-state index >= 15 is 0 Å². The van der Waals surface area contributed by atoms with Crippen molar-refractivity contribution >= 4 is 11.9 Å². The summed E-state index contributed by atoms with van der Waals surface area (Å²) in [5.41, 5.74) is 0. The molecule has 0 spiro atoms. The molecule has 0 aromatic heterocycles. The Morgan fingerprint density at radius 1 is 1.33 bits per heavy atom. The number of ether oxygens (including phenoxy) is 1. The first-order valence-electron chi connectivity index (χ1n) is 7.46. The molecule has 0 aromatic rings. The van der Waals surface area contributed by atoms with Crippen molar-refractivity contribution in [2.75, 3.05) is 60.5 Å². The Labute approximate surface area is 127 Å². The molecular formula is C14H28N4O3. The summed E-state index contributed by atoms with van der Waals surface area (Å²) in [6, 6.07) is -0.256. The monoisotopic (exact) mass is 300 g/mol. The van der Waals surface area contributed by atoms with E-state index in [1.54, 1.807) is 21.2 Å². The number of hydrogen-bond donors (Lipinski definition) is 2. The Hall–Kier alpha value is -1.34. The summed E-state index contributed by atoms with van der Waals surface area (Å²) in [7, 11) is 5.00. The number of piperidine rings is 1. The maximum absolute atomic E-state index is 11.7.